The molecule has 0 spiro atoms. The van der Waals surface area contributed by atoms with Crippen molar-refractivity contribution in [3.05, 3.63) is 23.4 Å². The van der Waals surface area contributed by atoms with E-state index in [-0.39, 0.29) is 11.3 Å². The number of nitrogens with one attached hydrogen (secondary N) is 2. The van der Waals surface area contributed by atoms with Gasteiger partial charge in [-0.05, 0) is 68.4 Å². The number of piperidine rings is 1. The lowest BCUT2D eigenvalue weighted by Gasteiger charge is -2.43. The lowest BCUT2D eigenvalue weighted by atomic mass is 9.67. The number of esters is 1. The lowest BCUT2D eigenvalue weighted by Crippen LogP contribution is -2.54. The number of methoxy groups -OCH3 is 1. The molecule has 1 fully saturated rings. The number of rotatable bonds is 12. The standard InChI is InChI=1S/C30H48N4O5/c1-29(2,3)21-30(16-19-34(20-17-30)28(37)38)27(36)33-24(26(35)39-4)13-9-7-5-6-8-12-23-15-14-22-11-10-18-31-25(22)32-23/h14-15,24H,5-13,16-21H2,1-4H3,(H,31,32)(H,33,36)(H,37,38)/t24-/m0/s1. The van der Waals surface area contributed by atoms with Gasteiger partial charge in [0.25, 0.3) is 0 Å². The van der Waals surface area contributed by atoms with Gasteiger partial charge in [-0.3, -0.25) is 4.79 Å². The second-order valence-electron chi connectivity index (χ2n) is 12.5. The van der Waals surface area contributed by atoms with Gasteiger partial charge in [-0.2, -0.15) is 0 Å². The second-order valence-corrected chi connectivity index (χ2v) is 12.5. The van der Waals surface area contributed by atoms with Crippen molar-refractivity contribution in [1.82, 2.24) is 15.2 Å². The number of aryl methyl sites for hydroxylation is 2. The van der Waals surface area contributed by atoms with E-state index in [9.17, 15) is 19.5 Å². The molecule has 0 bridgehead atoms. The largest absolute Gasteiger partial charge is 0.467 e. The number of hydrogen-bond acceptors (Lipinski definition) is 6. The molecular weight excluding hydrogens is 496 g/mol. The molecule has 0 radical (unpaired) electrons. The fourth-order valence-electron chi connectivity index (χ4n) is 6.02. The van der Waals surface area contributed by atoms with Crippen LogP contribution >= 0.6 is 0 Å². The molecule has 0 aliphatic carbocycles. The molecule has 218 valence electrons. The average molecular weight is 545 g/mol. The summed E-state index contributed by atoms with van der Waals surface area (Å²) in [6.45, 7) is 7.89. The Balaban J connectivity index is 1.46. The summed E-state index contributed by atoms with van der Waals surface area (Å²) in [5.74, 6) is 0.459. The molecule has 0 saturated carbocycles. The summed E-state index contributed by atoms with van der Waals surface area (Å²) in [6, 6.07) is 3.66. The highest BCUT2D eigenvalue weighted by Gasteiger charge is 2.45. The molecule has 3 N–H and O–H groups in total. The van der Waals surface area contributed by atoms with Crippen molar-refractivity contribution in [2.45, 2.75) is 104 Å². The van der Waals surface area contributed by atoms with Crippen molar-refractivity contribution >= 4 is 23.8 Å². The van der Waals surface area contributed by atoms with Crippen LogP contribution in [0.25, 0.3) is 0 Å². The van der Waals surface area contributed by atoms with E-state index in [4.69, 9.17) is 9.72 Å². The number of aromatic nitrogens is 1. The normalized spacial score (nSPS) is 17.5. The molecule has 0 unspecified atom stereocenters. The summed E-state index contributed by atoms with van der Waals surface area (Å²) in [7, 11) is 1.35. The van der Waals surface area contributed by atoms with E-state index >= 15 is 0 Å². The predicted molar refractivity (Wildman–Crippen MR) is 152 cm³/mol. The first kappa shape index (κ1) is 30.7. The number of unbranched alkanes of at least 4 members (excludes halogenated alkanes) is 4. The third kappa shape index (κ3) is 9.11. The monoisotopic (exact) mass is 544 g/mol. The number of likely N-dealkylation sites (tertiary alicyclic amines) is 1. The van der Waals surface area contributed by atoms with E-state index in [1.807, 2.05) is 0 Å². The smallest absolute Gasteiger partial charge is 0.407 e. The minimum atomic E-state index is -0.955. The van der Waals surface area contributed by atoms with Gasteiger partial charge in [-0.15, -0.1) is 0 Å². The lowest BCUT2D eigenvalue weighted by molar-refractivity contribution is -0.148. The molecule has 2 aliphatic rings. The Hall–Kier alpha value is -2.84. The van der Waals surface area contributed by atoms with Gasteiger partial charge in [-0.1, -0.05) is 52.5 Å². The summed E-state index contributed by atoms with van der Waals surface area (Å²) in [6.07, 6.45) is 9.35. The second kappa shape index (κ2) is 14.0. The first-order chi connectivity index (χ1) is 18.5. The molecule has 0 aromatic carbocycles. The minimum absolute atomic E-state index is 0.116. The first-order valence-corrected chi connectivity index (χ1v) is 14.6. The Kier molecular flexibility index (Phi) is 11.0. The minimum Gasteiger partial charge on any atom is -0.467 e. The van der Waals surface area contributed by atoms with Crippen molar-refractivity contribution in [2.24, 2.45) is 10.8 Å². The quantitative estimate of drug-likeness (QED) is 0.245. The zero-order valence-corrected chi connectivity index (χ0v) is 24.3. The van der Waals surface area contributed by atoms with Crippen LogP contribution in [-0.4, -0.2) is 65.7 Å². The van der Waals surface area contributed by atoms with Crippen molar-refractivity contribution in [2.75, 3.05) is 32.1 Å². The number of carbonyl (C=O) groups excluding carboxylic acids is 2. The number of carboxylic acid groups (broad SMARTS) is 1. The summed E-state index contributed by atoms with van der Waals surface area (Å²) in [5.41, 5.74) is 1.63. The van der Waals surface area contributed by atoms with E-state index < -0.39 is 23.5 Å². The molecule has 2 aliphatic heterocycles. The number of ether oxygens (including phenoxy) is 1. The van der Waals surface area contributed by atoms with Crippen LogP contribution in [0, 0.1) is 10.8 Å². The number of hydrogen-bond donors (Lipinski definition) is 3. The van der Waals surface area contributed by atoms with E-state index in [0.29, 0.717) is 38.8 Å². The van der Waals surface area contributed by atoms with Crippen molar-refractivity contribution in [3.8, 4) is 0 Å². The highest BCUT2D eigenvalue weighted by molar-refractivity contribution is 5.88. The molecular formula is C30H48N4O5. The number of amides is 2. The molecule has 9 heteroatoms. The third-order valence-electron chi connectivity index (χ3n) is 8.01. The average Bonchev–Trinajstić information content (AvgIpc) is 2.90. The van der Waals surface area contributed by atoms with Crippen LogP contribution < -0.4 is 10.6 Å². The Morgan fingerprint density at radius 1 is 1.13 bits per heavy atom. The van der Waals surface area contributed by atoms with Crippen LogP contribution in [0.15, 0.2) is 12.1 Å². The van der Waals surface area contributed by atoms with Crippen LogP contribution in [0.2, 0.25) is 0 Å². The topological polar surface area (TPSA) is 121 Å². The van der Waals surface area contributed by atoms with Crippen LogP contribution in [0.5, 0.6) is 0 Å². The highest BCUT2D eigenvalue weighted by Crippen LogP contribution is 2.42. The Bertz CT molecular complexity index is 982. The van der Waals surface area contributed by atoms with Gasteiger partial charge < -0.3 is 25.4 Å². The van der Waals surface area contributed by atoms with Gasteiger partial charge in [0.05, 0.1) is 12.5 Å². The summed E-state index contributed by atoms with van der Waals surface area (Å²) >= 11 is 0. The van der Waals surface area contributed by atoms with Gasteiger partial charge in [0.1, 0.15) is 11.9 Å². The first-order valence-electron chi connectivity index (χ1n) is 14.6. The number of anilines is 1. The number of carbonyl (C=O) groups is 3. The van der Waals surface area contributed by atoms with Crippen molar-refractivity contribution in [1.29, 1.82) is 0 Å². The highest BCUT2D eigenvalue weighted by atomic mass is 16.5. The van der Waals surface area contributed by atoms with Gasteiger partial charge in [0.15, 0.2) is 0 Å². The molecule has 3 rings (SSSR count). The summed E-state index contributed by atoms with van der Waals surface area (Å²) in [5, 5.41) is 15.8. The maximum Gasteiger partial charge on any atom is 0.407 e. The maximum absolute atomic E-state index is 13.6. The van der Waals surface area contributed by atoms with Crippen LogP contribution in [-0.2, 0) is 27.2 Å². The predicted octanol–water partition coefficient (Wildman–Crippen LogP) is 5.18. The zero-order valence-electron chi connectivity index (χ0n) is 24.3. The number of nitrogens with zero attached hydrogens (tertiary/aromatic N) is 2. The molecule has 1 aromatic rings. The van der Waals surface area contributed by atoms with Crippen LogP contribution in [0.3, 0.4) is 0 Å². The fourth-order valence-corrected chi connectivity index (χ4v) is 6.02. The number of pyridine rings is 1. The third-order valence-corrected chi connectivity index (χ3v) is 8.01. The molecule has 39 heavy (non-hydrogen) atoms. The SMILES string of the molecule is COC(=O)[C@H](CCCCCCCc1ccc2c(n1)NCCC2)NC(=O)C1(CC(C)(C)C)CCN(C(=O)O)CC1. The van der Waals surface area contributed by atoms with Gasteiger partial charge in [0.2, 0.25) is 5.91 Å². The fraction of sp³-hybridized carbons (Fsp3) is 0.733. The molecule has 1 saturated heterocycles. The summed E-state index contributed by atoms with van der Waals surface area (Å²) < 4.78 is 5.02. The van der Waals surface area contributed by atoms with Gasteiger partial charge >= 0.3 is 12.1 Å². The Morgan fingerprint density at radius 3 is 2.49 bits per heavy atom. The molecule has 1 atom stereocenters. The van der Waals surface area contributed by atoms with Crippen molar-refractivity contribution < 1.29 is 24.2 Å². The maximum atomic E-state index is 13.6. The van der Waals surface area contributed by atoms with Crippen molar-refractivity contribution in [3.63, 3.8) is 0 Å². The zero-order chi connectivity index (χ0) is 28.5. The van der Waals surface area contributed by atoms with E-state index in [2.05, 4.69) is 43.5 Å². The van der Waals surface area contributed by atoms with E-state index in [1.54, 1.807) is 0 Å². The molecule has 2 amide bonds. The Labute approximate surface area is 233 Å². The van der Waals surface area contributed by atoms with E-state index in [1.165, 1.54) is 17.6 Å². The summed E-state index contributed by atoms with van der Waals surface area (Å²) in [4.78, 5) is 43.7. The number of fused-ring (bicyclic) bond motifs is 1. The van der Waals surface area contributed by atoms with Gasteiger partial charge in [-0.25, -0.2) is 14.6 Å². The van der Waals surface area contributed by atoms with Gasteiger partial charge in [0, 0.05) is 25.3 Å². The molecule has 3 heterocycles. The van der Waals surface area contributed by atoms with Crippen LogP contribution in [0.1, 0.15) is 96.2 Å². The molecule has 9 nitrogen and oxygen atoms in total. The van der Waals surface area contributed by atoms with E-state index in [0.717, 1.165) is 69.4 Å². The molecule has 1 aromatic heterocycles. The Morgan fingerprint density at radius 2 is 1.82 bits per heavy atom. The van der Waals surface area contributed by atoms with Crippen LogP contribution in [0.4, 0.5) is 10.6 Å².